The van der Waals surface area contributed by atoms with Crippen molar-refractivity contribution in [1.82, 2.24) is 20.2 Å². The van der Waals surface area contributed by atoms with Crippen LogP contribution in [0.5, 0.6) is 0 Å². The number of H-pyrrole nitrogens is 1. The molecule has 0 aliphatic carbocycles. The molecule has 3 N–H and O–H groups in total. The van der Waals surface area contributed by atoms with Gasteiger partial charge in [-0.1, -0.05) is 18.2 Å². The summed E-state index contributed by atoms with van der Waals surface area (Å²) in [6.07, 6.45) is 0.797. The average molecular weight is 382 g/mol. The van der Waals surface area contributed by atoms with Crippen LogP contribution >= 0.6 is 0 Å². The summed E-state index contributed by atoms with van der Waals surface area (Å²) in [6, 6.07) is 10.9. The highest BCUT2D eigenvalue weighted by Crippen LogP contribution is 2.14. The number of carbonyl (C=O) groups excluding carboxylic acids is 1. The van der Waals surface area contributed by atoms with Crippen LogP contribution in [-0.4, -0.2) is 34.6 Å². The van der Waals surface area contributed by atoms with Crippen LogP contribution in [0.2, 0.25) is 0 Å². The van der Waals surface area contributed by atoms with E-state index in [1.165, 1.54) is 22.8 Å². The normalized spacial score (nSPS) is 16.4. The van der Waals surface area contributed by atoms with Crippen LogP contribution in [0.15, 0.2) is 52.1 Å². The monoisotopic (exact) mass is 382 g/mol. The molecule has 28 heavy (non-hydrogen) atoms. The van der Waals surface area contributed by atoms with Gasteiger partial charge in [-0.25, -0.2) is 9.18 Å². The van der Waals surface area contributed by atoms with Gasteiger partial charge in [0.25, 0.3) is 11.5 Å². The lowest BCUT2D eigenvalue weighted by molar-refractivity contribution is 0.0936. The van der Waals surface area contributed by atoms with Crippen LogP contribution in [0.1, 0.15) is 22.3 Å². The van der Waals surface area contributed by atoms with E-state index >= 15 is 0 Å². The smallest absolute Gasteiger partial charge is 0.329 e. The number of hydrogen-bond acceptors (Lipinski definition) is 4. The summed E-state index contributed by atoms with van der Waals surface area (Å²) in [4.78, 5) is 39.0. The number of amides is 1. The second-order valence-electron chi connectivity index (χ2n) is 6.84. The number of fused-ring (bicyclic) bond motifs is 1. The molecule has 7 nitrogen and oxygen atoms in total. The number of nitrogens with zero attached hydrogens (tertiary/aromatic N) is 1. The molecule has 3 aromatic rings. The SMILES string of the molecule is O=C(NC1CCNC1)c1cc(Cn2c(=O)[nH]c(=O)c3ccccc32)ccc1F. The van der Waals surface area contributed by atoms with Crippen molar-refractivity contribution in [3.8, 4) is 0 Å². The Morgan fingerprint density at radius 3 is 2.82 bits per heavy atom. The molecule has 0 saturated carbocycles. The molecule has 1 aliphatic rings. The van der Waals surface area contributed by atoms with Crippen LogP contribution in [0, 0.1) is 5.82 Å². The van der Waals surface area contributed by atoms with E-state index in [-0.39, 0.29) is 18.2 Å². The summed E-state index contributed by atoms with van der Waals surface area (Å²) < 4.78 is 15.6. The fourth-order valence-electron chi connectivity index (χ4n) is 3.47. The van der Waals surface area contributed by atoms with Crippen molar-refractivity contribution in [2.45, 2.75) is 19.0 Å². The lowest BCUT2D eigenvalue weighted by Crippen LogP contribution is -2.36. The van der Waals surface area contributed by atoms with Gasteiger partial charge in [0, 0.05) is 12.6 Å². The highest BCUT2D eigenvalue weighted by molar-refractivity contribution is 5.94. The molecular weight excluding hydrogens is 363 g/mol. The van der Waals surface area contributed by atoms with Crippen molar-refractivity contribution in [1.29, 1.82) is 0 Å². The van der Waals surface area contributed by atoms with Gasteiger partial charge in [0.15, 0.2) is 0 Å². The van der Waals surface area contributed by atoms with Crippen LogP contribution in [-0.2, 0) is 6.54 Å². The number of hydrogen-bond donors (Lipinski definition) is 3. The van der Waals surface area contributed by atoms with Gasteiger partial charge in [0.05, 0.1) is 23.0 Å². The number of nitrogens with one attached hydrogen (secondary N) is 3. The number of rotatable bonds is 4. The third-order valence-corrected chi connectivity index (χ3v) is 4.92. The van der Waals surface area contributed by atoms with Crippen molar-refractivity contribution in [2.24, 2.45) is 0 Å². The molecule has 8 heteroatoms. The molecular formula is C20H19FN4O3. The first kappa shape index (κ1) is 18.1. The Labute approximate surface area is 159 Å². The topological polar surface area (TPSA) is 96.0 Å². The third-order valence-electron chi connectivity index (χ3n) is 4.92. The van der Waals surface area contributed by atoms with Crippen LogP contribution in [0.4, 0.5) is 4.39 Å². The molecule has 2 heterocycles. The molecule has 1 aliphatic heterocycles. The van der Waals surface area contributed by atoms with E-state index in [0.717, 1.165) is 13.0 Å². The first-order valence-electron chi connectivity index (χ1n) is 9.05. The third kappa shape index (κ3) is 3.46. The molecule has 1 atom stereocenters. The molecule has 0 radical (unpaired) electrons. The largest absolute Gasteiger partial charge is 0.348 e. The van der Waals surface area contributed by atoms with E-state index in [2.05, 4.69) is 15.6 Å². The Kier molecular flexibility index (Phi) is 4.79. The Morgan fingerprint density at radius 2 is 2.04 bits per heavy atom. The van der Waals surface area contributed by atoms with Gasteiger partial charge in [-0.3, -0.25) is 19.1 Å². The van der Waals surface area contributed by atoms with Crippen molar-refractivity contribution in [2.75, 3.05) is 13.1 Å². The van der Waals surface area contributed by atoms with Gasteiger partial charge in [-0.05, 0) is 42.8 Å². The molecule has 1 unspecified atom stereocenters. The molecule has 1 amide bonds. The minimum atomic E-state index is -0.620. The van der Waals surface area contributed by atoms with E-state index in [1.807, 2.05) is 0 Å². The Balaban J connectivity index is 1.68. The van der Waals surface area contributed by atoms with E-state index in [4.69, 9.17) is 0 Å². The van der Waals surface area contributed by atoms with E-state index in [9.17, 15) is 18.8 Å². The predicted octanol–water partition coefficient (Wildman–Crippen LogP) is 0.969. The number of carbonyl (C=O) groups is 1. The summed E-state index contributed by atoms with van der Waals surface area (Å²) in [5.41, 5.74) is -0.0255. The zero-order chi connectivity index (χ0) is 19.7. The first-order valence-corrected chi connectivity index (χ1v) is 9.05. The van der Waals surface area contributed by atoms with E-state index in [1.54, 1.807) is 24.3 Å². The molecule has 2 aromatic carbocycles. The van der Waals surface area contributed by atoms with Gasteiger partial charge in [-0.2, -0.15) is 0 Å². The molecule has 0 spiro atoms. The fourth-order valence-corrected chi connectivity index (χ4v) is 3.47. The molecule has 1 fully saturated rings. The second kappa shape index (κ2) is 7.40. The minimum Gasteiger partial charge on any atom is -0.348 e. The van der Waals surface area contributed by atoms with Gasteiger partial charge >= 0.3 is 5.69 Å². The maximum atomic E-state index is 14.2. The summed E-state index contributed by atoms with van der Waals surface area (Å²) in [5.74, 6) is -1.10. The minimum absolute atomic E-state index is 0.0266. The molecule has 1 aromatic heterocycles. The summed E-state index contributed by atoms with van der Waals surface area (Å²) in [6.45, 7) is 1.57. The zero-order valence-corrected chi connectivity index (χ0v) is 15.0. The van der Waals surface area contributed by atoms with E-state index < -0.39 is 23.0 Å². The van der Waals surface area contributed by atoms with Crippen molar-refractivity contribution in [3.05, 3.63) is 80.2 Å². The lowest BCUT2D eigenvalue weighted by Gasteiger charge is -2.14. The number of para-hydroxylation sites is 1. The second-order valence-corrected chi connectivity index (χ2v) is 6.84. The fraction of sp³-hybridized carbons (Fsp3) is 0.250. The number of aromatic amines is 1. The standard InChI is InChI=1S/C20H19FN4O3/c21-16-6-5-12(9-15(16)19(27)23-13-7-8-22-10-13)11-25-17-4-2-1-3-14(17)18(26)24-20(25)28/h1-6,9,13,22H,7-8,10-11H2,(H,23,27)(H,24,26,28). The van der Waals surface area contributed by atoms with Gasteiger partial charge < -0.3 is 10.6 Å². The van der Waals surface area contributed by atoms with Gasteiger partial charge in [0.2, 0.25) is 0 Å². The molecule has 0 bridgehead atoms. The first-order chi connectivity index (χ1) is 13.5. The summed E-state index contributed by atoms with van der Waals surface area (Å²) >= 11 is 0. The number of aromatic nitrogens is 2. The quantitative estimate of drug-likeness (QED) is 0.627. The maximum absolute atomic E-state index is 14.2. The Hall–Kier alpha value is -3.26. The molecule has 144 valence electrons. The summed E-state index contributed by atoms with van der Waals surface area (Å²) in [7, 11) is 0. The van der Waals surface area contributed by atoms with Crippen molar-refractivity contribution < 1.29 is 9.18 Å². The van der Waals surface area contributed by atoms with E-state index in [0.29, 0.717) is 23.0 Å². The molecule has 4 rings (SSSR count). The van der Waals surface area contributed by atoms with Crippen LogP contribution < -0.4 is 21.9 Å². The Morgan fingerprint density at radius 1 is 1.21 bits per heavy atom. The summed E-state index contributed by atoms with van der Waals surface area (Å²) in [5, 5.41) is 6.34. The van der Waals surface area contributed by atoms with Gasteiger partial charge in [0.1, 0.15) is 5.82 Å². The van der Waals surface area contributed by atoms with Crippen molar-refractivity contribution >= 4 is 16.8 Å². The highest BCUT2D eigenvalue weighted by Gasteiger charge is 2.20. The Bertz CT molecular complexity index is 1160. The predicted molar refractivity (Wildman–Crippen MR) is 103 cm³/mol. The number of halogens is 1. The average Bonchev–Trinajstić information content (AvgIpc) is 3.19. The van der Waals surface area contributed by atoms with Crippen LogP contribution in [0.25, 0.3) is 10.9 Å². The lowest BCUT2D eigenvalue weighted by atomic mass is 10.1. The van der Waals surface area contributed by atoms with Crippen molar-refractivity contribution in [3.63, 3.8) is 0 Å². The highest BCUT2D eigenvalue weighted by atomic mass is 19.1. The van der Waals surface area contributed by atoms with Gasteiger partial charge in [-0.15, -0.1) is 0 Å². The van der Waals surface area contributed by atoms with Crippen LogP contribution in [0.3, 0.4) is 0 Å². The maximum Gasteiger partial charge on any atom is 0.329 e. The zero-order valence-electron chi connectivity index (χ0n) is 15.0. The number of benzene rings is 2. The molecule has 1 saturated heterocycles.